The molecular weight excluding hydrogens is 593 g/mol. The molecule has 258 valence electrons. The summed E-state index contributed by atoms with van der Waals surface area (Å²) in [6.45, 7) is 4.77. The van der Waals surface area contributed by atoms with E-state index in [1.807, 2.05) is 19.1 Å². The Bertz CT molecular complexity index is 1230. The second kappa shape index (κ2) is 22.2. The highest BCUT2D eigenvalue weighted by Crippen LogP contribution is 2.30. The average molecular weight is 650 g/mol. The van der Waals surface area contributed by atoms with Gasteiger partial charge < -0.3 is 14.2 Å². The van der Waals surface area contributed by atoms with Crippen molar-refractivity contribution in [2.75, 3.05) is 6.61 Å². The third kappa shape index (κ3) is 14.5. The Morgan fingerprint density at radius 2 is 1.49 bits per heavy atom. The van der Waals surface area contributed by atoms with Crippen molar-refractivity contribution in [3.8, 4) is 17.6 Å². The number of esters is 2. The molecule has 2 aromatic carbocycles. The largest absolute Gasteiger partial charge is 0.492 e. The first-order chi connectivity index (χ1) is 22.9. The van der Waals surface area contributed by atoms with Crippen LogP contribution < -0.4 is 9.47 Å². The number of aryl methyl sites for hydroxylation is 1. The molecule has 0 N–H and O–H groups in total. The van der Waals surface area contributed by atoms with Crippen LogP contribution in [0.5, 0.6) is 11.5 Å². The molecule has 1 saturated carbocycles. The SMILES string of the molecule is CCCCCCCCCCCCOc1ccc(C(=O)Oc2ccc(CC[C@H]3CC[C@H](OC(=O)[C@@H](F)CCCC)CC3)cc2)cc1C#N. The fourth-order valence-electron chi connectivity index (χ4n) is 6.18. The molecule has 0 spiro atoms. The normalized spacial score (nSPS) is 16.6. The standard InChI is InChI=1S/C40H56FNO5/c1-3-5-7-8-9-10-11-12-13-14-28-45-38-27-22-33(29-34(38)30-42)39(43)46-35-23-18-31(19-24-35)16-17-32-20-25-36(26-21-32)47-40(44)37(41)15-6-4-2/h18-19,22-24,27,29,32,36-37H,3-17,20-21,25-26,28H2,1-2H3/t32-,36-,37-/m0/s1. The molecule has 1 aliphatic carbocycles. The Labute approximate surface area is 282 Å². The minimum absolute atomic E-state index is 0.171. The molecule has 0 amide bonds. The van der Waals surface area contributed by atoms with Crippen molar-refractivity contribution in [2.45, 2.75) is 148 Å². The number of alkyl halides is 1. The van der Waals surface area contributed by atoms with Gasteiger partial charge in [0.05, 0.1) is 17.7 Å². The maximum Gasteiger partial charge on any atom is 0.343 e. The van der Waals surface area contributed by atoms with Gasteiger partial charge in [-0.3, -0.25) is 0 Å². The number of halogens is 1. The van der Waals surface area contributed by atoms with E-state index in [-0.39, 0.29) is 12.5 Å². The predicted octanol–water partition coefficient (Wildman–Crippen LogP) is 10.6. The highest BCUT2D eigenvalue weighted by atomic mass is 19.1. The van der Waals surface area contributed by atoms with Crippen molar-refractivity contribution in [1.29, 1.82) is 5.26 Å². The lowest BCUT2D eigenvalue weighted by molar-refractivity contribution is -0.157. The van der Waals surface area contributed by atoms with E-state index in [4.69, 9.17) is 14.2 Å². The number of nitriles is 1. The van der Waals surface area contributed by atoms with E-state index in [0.717, 1.165) is 63.4 Å². The van der Waals surface area contributed by atoms with Gasteiger partial charge >= 0.3 is 11.9 Å². The van der Waals surface area contributed by atoms with Crippen LogP contribution in [0.15, 0.2) is 42.5 Å². The molecular formula is C40H56FNO5. The van der Waals surface area contributed by atoms with Crippen LogP contribution in [-0.2, 0) is 16.0 Å². The fraction of sp³-hybridized carbons (Fsp3) is 0.625. The Hall–Kier alpha value is -3.40. The quantitative estimate of drug-likeness (QED) is 0.0717. The summed E-state index contributed by atoms with van der Waals surface area (Å²) in [4.78, 5) is 24.8. The maximum atomic E-state index is 13.9. The number of unbranched alkanes of at least 4 members (excludes halogenated alkanes) is 10. The minimum Gasteiger partial charge on any atom is -0.492 e. The molecule has 0 unspecified atom stereocenters. The molecule has 3 rings (SSSR count). The minimum atomic E-state index is -1.51. The number of ether oxygens (including phenoxy) is 3. The van der Waals surface area contributed by atoms with Gasteiger partial charge in [0, 0.05) is 0 Å². The third-order valence-electron chi connectivity index (χ3n) is 9.21. The Morgan fingerprint density at radius 1 is 0.851 bits per heavy atom. The van der Waals surface area contributed by atoms with Gasteiger partial charge in [0.1, 0.15) is 23.7 Å². The second-order valence-corrected chi connectivity index (χ2v) is 13.1. The summed E-state index contributed by atoms with van der Waals surface area (Å²) >= 11 is 0. The molecule has 1 fully saturated rings. The lowest BCUT2D eigenvalue weighted by Crippen LogP contribution is -2.29. The van der Waals surface area contributed by atoms with Crippen LogP contribution in [-0.4, -0.2) is 30.8 Å². The molecule has 1 aliphatic rings. The zero-order valence-electron chi connectivity index (χ0n) is 28.8. The van der Waals surface area contributed by atoms with Gasteiger partial charge in [-0.15, -0.1) is 0 Å². The highest BCUT2D eigenvalue weighted by Gasteiger charge is 2.27. The summed E-state index contributed by atoms with van der Waals surface area (Å²) in [6, 6.07) is 14.5. The average Bonchev–Trinajstić information content (AvgIpc) is 3.09. The Morgan fingerprint density at radius 3 is 2.13 bits per heavy atom. The number of nitrogens with zero attached hydrogens (tertiary/aromatic N) is 1. The summed E-state index contributed by atoms with van der Waals surface area (Å²) in [7, 11) is 0. The van der Waals surface area contributed by atoms with Crippen LogP contribution in [0.1, 0.15) is 151 Å². The highest BCUT2D eigenvalue weighted by molar-refractivity contribution is 5.91. The lowest BCUT2D eigenvalue weighted by atomic mass is 9.83. The molecule has 0 bridgehead atoms. The molecule has 2 aromatic rings. The van der Waals surface area contributed by atoms with Crippen molar-refractivity contribution < 1.29 is 28.2 Å². The van der Waals surface area contributed by atoms with Crippen molar-refractivity contribution in [3.05, 3.63) is 59.2 Å². The fourth-order valence-corrected chi connectivity index (χ4v) is 6.18. The van der Waals surface area contributed by atoms with Crippen molar-refractivity contribution in [1.82, 2.24) is 0 Å². The zero-order chi connectivity index (χ0) is 33.7. The first-order valence-corrected chi connectivity index (χ1v) is 18.3. The summed E-state index contributed by atoms with van der Waals surface area (Å²) in [5.41, 5.74) is 1.79. The van der Waals surface area contributed by atoms with E-state index >= 15 is 0 Å². The number of carbonyl (C=O) groups is 2. The molecule has 0 aliphatic heterocycles. The molecule has 7 heteroatoms. The summed E-state index contributed by atoms with van der Waals surface area (Å²) in [5, 5.41) is 9.64. The van der Waals surface area contributed by atoms with Crippen LogP contribution in [0.25, 0.3) is 0 Å². The topological polar surface area (TPSA) is 85.6 Å². The van der Waals surface area contributed by atoms with E-state index in [0.29, 0.717) is 41.6 Å². The number of benzene rings is 2. The van der Waals surface area contributed by atoms with E-state index in [2.05, 4.69) is 13.0 Å². The maximum absolute atomic E-state index is 13.9. The van der Waals surface area contributed by atoms with Gasteiger partial charge in [-0.05, 0) is 93.2 Å². The van der Waals surface area contributed by atoms with Crippen LogP contribution >= 0.6 is 0 Å². The van der Waals surface area contributed by atoms with Crippen molar-refractivity contribution in [2.24, 2.45) is 5.92 Å². The van der Waals surface area contributed by atoms with Gasteiger partial charge in [-0.1, -0.05) is 96.6 Å². The van der Waals surface area contributed by atoms with E-state index in [1.54, 1.807) is 24.3 Å². The number of hydrogen-bond acceptors (Lipinski definition) is 6. The van der Waals surface area contributed by atoms with Gasteiger partial charge in [0.15, 0.2) is 6.17 Å². The molecule has 1 atom stereocenters. The monoisotopic (exact) mass is 649 g/mol. The summed E-state index contributed by atoms with van der Waals surface area (Å²) < 4.78 is 30.8. The molecule has 0 saturated heterocycles. The van der Waals surface area contributed by atoms with Crippen LogP contribution in [0.2, 0.25) is 0 Å². The first-order valence-electron chi connectivity index (χ1n) is 18.3. The smallest absolute Gasteiger partial charge is 0.343 e. The number of hydrogen-bond donors (Lipinski definition) is 0. The number of carbonyl (C=O) groups excluding carboxylic acids is 2. The Kier molecular flexibility index (Phi) is 18.0. The van der Waals surface area contributed by atoms with Crippen LogP contribution in [0.4, 0.5) is 4.39 Å². The molecule has 0 radical (unpaired) electrons. The van der Waals surface area contributed by atoms with Gasteiger partial charge in [0.25, 0.3) is 0 Å². The van der Waals surface area contributed by atoms with Crippen LogP contribution in [0.3, 0.4) is 0 Å². The van der Waals surface area contributed by atoms with Gasteiger partial charge in [0.2, 0.25) is 0 Å². The van der Waals surface area contributed by atoms with Crippen molar-refractivity contribution in [3.63, 3.8) is 0 Å². The van der Waals surface area contributed by atoms with Crippen LogP contribution in [0, 0.1) is 17.2 Å². The summed E-state index contributed by atoms with van der Waals surface area (Å²) in [6.07, 6.45) is 18.0. The zero-order valence-corrected chi connectivity index (χ0v) is 28.8. The van der Waals surface area contributed by atoms with Gasteiger partial charge in [-0.2, -0.15) is 5.26 Å². The van der Waals surface area contributed by atoms with Crippen molar-refractivity contribution >= 4 is 11.9 Å². The molecule has 6 nitrogen and oxygen atoms in total. The second-order valence-electron chi connectivity index (χ2n) is 13.1. The van der Waals surface area contributed by atoms with Gasteiger partial charge in [-0.25, -0.2) is 14.0 Å². The molecule has 0 heterocycles. The van der Waals surface area contributed by atoms with E-state index in [1.165, 1.54) is 57.4 Å². The Balaban J connectivity index is 1.34. The number of rotatable bonds is 22. The van der Waals surface area contributed by atoms with E-state index in [9.17, 15) is 19.2 Å². The molecule has 47 heavy (non-hydrogen) atoms. The first kappa shape index (κ1) is 38.1. The lowest BCUT2D eigenvalue weighted by Gasteiger charge is -2.28. The predicted molar refractivity (Wildman–Crippen MR) is 184 cm³/mol. The summed E-state index contributed by atoms with van der Waals surface area (Å²) in [5.74, 6) is 0.270. The molecule has 0 aromatic heterocycles. The van der Waals surface area contributed by atoms with E-state index < -0.39 is 18.1 Å². The third-order valence-corrected chi connectivity index (χ3v) is 9.21.